The molecule has 0 saturated carbocycles. The van der Waals surface area contributed by atoms with E-state index in [4.69, 9.17) is 5.11 Å². The summed E-state index contributed by atoms with van der Waals surface area (Å²) in [4.78, 5) is 0. The molecule has 0 saturated heterocycles. The van der Waals surface area contributed by atoms with Crippen LogP contribution in [0, 0.1) is 17.5 Å². The third kappa shape index (κ3) is 1.86. The highest BCUT2D eigenvalue weighted by molar-refractivity contribution is 5.56. The summed E-state index contributed by atoms with van der Waals surface area (Å²) in [5.41, 5.74) is -0.192. The van der Waals surface area contributed by atoms with Crippen molar-refractivity contribution < 1.29 is 18.3 Å². The van der Waals surface area contributed by atoms with E-state index in [1.807, 2.05) is 0 Å². The second-order valence-corrected chi connectivity index (χ2v) is 3.57. The van der Waals surface area contributed by atoms with Crippen molar-refractivity contribution in [3.8, 4) is 11.4 Å². The van der Waals surface area contributed by atoms with E-state index in [9.17, 15) is 13.2 Å². The van der Waals surface area contributed by atoms with Gasteiger partial charge in [0.2, 0.25) is 0 Å². The lowest BCUT2D eigenvalue weighted by molar-refractivity contribution is 0.265. The van der Waals surface area contributed by atoms with Gasteiger partial charge in [0.15, 0.2) is 29.1 Å². The summed E-state index contributed by atoms with van der Waals surface area (Å²) in [6.07, 6.45) is 0. The van der Waals surface area contributed by atoms with Crippen LogP contribution in [0.1, 0.15) is 12.7 Å². The molecule has 96 valence electrons. The van der Waals surface area contributed by atoms with Crippen molar-refractivity contribution in [1.82, 2.24) is 14.8 Å². The molecule has 4 nitrogen and oxygen atoms in total. The normalized spacial score (nSPS) is 10.9. The molecule has 0 fully saturated rings. The molecule has 0 radical (unpaired) electrons. The molecule has 0 aliphatic carbocycles. The molecular formula is C11H10F3N3O. The van der Waals surface area contributed by atoms with Crippen LogP contribution < -0.4 is 0 Å². The molecule has 0 unspecified atom stereocenters. The SMILES string of the molecule is CCn1c(CO)nnc1-c1ccc(F)c(F)c1F. The molecular weight excluding hydrogens is 247 g/mol. The standard InChI is InChI=1S/C11H10F3N3O/c1-2-17-8(5-18)15-16-11(17)6-3-4-7(12)10(14)9(6)13/h3-4,18H,2,5H2,1H3. The minimum Gasteiger partial charge on any atom is -0.388 e. The number of hydrogen-bond acceptors (Lipinski definition) is 3. The van der Waals surface area contributed by atoms with Crippen LogP contribution in [-0.2, 0) is 13.2 Å². The Morgan fingerprint density at radius 2 is 1.89 bits per heavy atom. The highest BCUT2D eigenvalue weighted by atomic mass is 19.2. The molecule has 1 N–H and O–H groups in total. The van der Waals surface area contributed by atoms with Crippen molar-refractivity contribution in [3.63, 3.8) is 0 Å². The number of nitrogens with zero attached hydrogens (tertiary/aromatic N) is 3. The first-order valence-corrected chi connectivity index (χ1v) is 5.27. The first-order valence-electron chi connectivity index (χ1n) is 5.27. The number of halogens is 3. The highest BCUT2D eigenvalue weighted by Gasteiger charge is 2.20. The summed E-state index contributed by atoms with van der Waals surface area (Å²) in [6, 6.07) is 1.91. The molecule has 7 heteroatoms. The zero-order valence-corrected chi connectivity index (χ0v) is 9.49. The van der Waals surface area contributed by atoms with Gasteiger partial charge in [-0.3, -0.25) is 0 Å². The van der Waals surface area contributed by atoms with Crippen LogP contribution >= 0.6 is 0 Å². The monoisotopic (exact) mass is 257 g/mol. The van der Waals surface area contributed by atoms with Crippen LogP contribution in [0.15, 0.2) is 12.1 Å². The zero-order valence-electron chi connectivity index (χ0n) is 9.49. The fourth-order valence-electron chi connectivity index (χ4n) is 1.68. The minimum absolute atomic E-state index is 0.0537. The number of aliphatic hydroxyl groups excluding tert-OH is 1. The predicted molar refractivity (Wildman–Crippen MR) is 56.9 cm³/mol. The lowest BCUT2D eigenvalue weighted by atomic mass is 10.2. The fourth-order valence-corrected chi connectivity index (χ4v) is 1.68. The van der Waals surface area contributed by atoms with Crippen LogP contribution in [-0.4, -0.2) is 19.9 Å². The van der Waals surface area contributed by atoms with Gasteiger partial charge in [0.1, 0.15) is 6.61 Å². The third-order valence-corrected chi connectivity index (χ3v) is 2.56. The molecule has 0 bridgehead atoms. The van der Waals surface area contributed by atoms with E-state index in [-0.39, 0.29) is 23.8 Å². The number of rotatable bonds is 3. The third-order valence-electron chi connectivity index (χ3n) is 2.56. The quantitative estimate of drug-likeness (QED) is 0.854. The van der Waals surface area contributed by atoms with Crippen molar-refractivity contribution >= 4 is 0 Å². The first kappa shape index (κ1) is 12.6. The largest absolute Gasteiger partial charge is 0.388 e. The Kier molecular flexibility index (Phi) is 3.33. The molecule has 0 spiro atoms. The summed E-state index contributed by atoms with van der Waals surface area (Å²) in [6.45, 7) is 1.74. The van der Waals surface area contributed by atoms with Gasteiger partial charge in [-0.2, -0.15) is 0 Å². The van der Waals surface area contributed by atoms with Crippen LogP contribution in [0.5, 0.6) is 0 Å². The second-order valence-electron chi connectivity index (χ2n) is 3.57. The van der Waals surface area contributed by atoms with Gasteiger partial charge in [0.25, 0.3) is 0 Å². The van der Waals surface area contributed by atoms with Crippen LogP contribution in [0.25, 0.3) is 11.4 Å². The zero-order chi connectivity index (χ0) is 13.3. The van der Waals surface area contributed by atoms with E-state index < -0.39 is 17.5 Å². The topological polar surface area (TPSA) is 50.9 Å². The second kappa shape index (κ2) is 4.77. The van der Waals surface area contributed by atoms with Crippen LogP contribution in [0.2, 0.25) is 0 Å². The molecule has 0 amide bonds. The van der Waals surface area contributed by atoms with E-state index >= 15 is 0 Å². The van der Waals surface area contributed by atoms with E-state index in [2.05, 4.69) is 10.2 Å². The van der Waals surface area contributed by atoms with Gasteiger partial charge in [-0.1, -0.05) is 0 Å². The number of hydrogen-bond donors (Lipinski definition) is 1. The Bertz CT molecular complexity index is 583. The minimum atomic E-state index is -1.55. The van der Waals surface area contributed by atoms with Crippen molar-refractivity contribution in [1.29, 1.82) is 0 Å². The molecule has 1 aromatic heterocycles. The average molecular weight is 257 g/mol. The van der Waals surface area contributed by atoms with Gasteiger partial charge in [-0.05, 0) is 19.1 Å². The van der Waals surface area contributed by atoms with Crippen molar-refractivity contribution in [2.24, 2.45) is 0 Å². The van der Waals surface area contributed by atoms with Crippen LogP contribution in [0.3, 0.4) is 0 Å². The lowest BCUT2D eigenvalue weighted by Crippen LogP contribution is -2.05. The Hall–Kier alpha value is -1.89. The molecule has 2 aromatic rings. The average Bonchev–Trinajstić information content (AvgIpc) is 2.78. The maximum atomic E-state index is 13.6. The molecule has 18 heavy (non-hydrogen) atoms. The molecule has 2 rings (SSSR count). The van der Waals surface area contributed by atoms with Crippen molar-refractivity contribution in [2.45, 2.75) is 20.1 Å². The maximum absolute atomic E-state index is 13.6. The van der Waals surface area contributed by atoms with Gasteiger partial charge in [0, 0.05) is 6.54 Å². The number of aliphatic hydroxyl groups is 1. The summed E-state index contributed by atoms with van der Waals surface area (Å²) in [5.74, 6) is -3.85. The van der Waals surface area contributed by atoms with Gasteiger partial charge in [-0.15, -0.1) is 10.2 Å². The lowest BCUT2D eigenvalue weighted by Gasteiger charge is -2.07. The van der Waals surface area contributed by atoms with E-state index in [1.54, 1.807) is 6.92 Å². The Morgan fingerprint density at radius 1 is 1.17 bits per heavy atom. The first-order chi connectivity index (χ1) is 8.60. The molecule has 0 aliphatic rings. The van der Waals surface area contributed by atoms with Crippen molar-refractivity contribution in [2.75, 3.05) is 0 Å². The Morgan fingerprint density at radius 3 is 2.50 bits per heavy atom. The molecule has 0 aliphatic heterocycles. The fraction of sp³-hybridized carbons (Fsp3) is 0.273. The Balaban J connectivity index is 2.62. The summed E-state index contributed by atoms with van der Waals surface area (Å²) in [5, 5.41) is 16.4. The maximum Gasteiger partial charge on any atom is 0.195 e. The van der Waals surface area contributed by atoms with E-state index in [0.29, 0.717) is 6.54 Å². The van der Waals surface area contributed by atoms with Gasteiger partial charge in [-0.25, -0.2) is 13.2 Å². The summed E-state index contributed by atoms with van der Waals surface area (Å²) < 4.78 is 41.0. The molecule has 1 heterocycles. The number of aromatic nitrogens is 3. The highest BCUT2D eigenvalue weighted by Crippen LogP contribution is 2.25. The number of benzene rings is 1. The van der Waals surface area contributed by atoms with Gasteiger partial charge < -0.3 is 9.67 Å². The van der Waals surface area contributed by atoms with Crippen LogP contribution in [0.4, 0.5) is 13.2 Å². The summed E-state index contributed by atoms with van der Waals surface area (Å²) >= 11 is 0. The van der Waals surface area contributed by atoms with Gasteiger partial charge in [0.05, 0.1) is 5.56 Å². The summed E-state index contributed by atoms with van der Waals surface area (Å²) in [7, 11) is 0. The predicted octanol–water partition coefficient (Wildman–Crippen LogP) is 1.87. The molecule has 1 aromatic carbocycles. The van der Waals surface area contributed by atoms with E-state index in [0.717, 1.165) is 12.1 Å². The van der Waals surface area contributed by atoms with Gasteiger partial charge >= 0.3 is 0 Å². The smallest absolute Gasteiger partial charge is 0.195 e. The Labute approximate surface area is 101 Å². The van der Waals surface area contributed by atoms with Crippen molar-refractivity contribution in [3.05, 3.63) is 35.4 Å². The molecule has 0 atom stereocenters. The van der Waals surface area contributed by atoms with E-state index in [1.165, 1.54) is 4.57 Å².